The molecule has 0 saturated carbocycles. The van der Waals surface area contributed by atoms with E-state index in [9.17, 15) is 23.4 Å². The van der Waals surface area contributed by atoms with E-state index in [-0.39, 0.29) is 10.7 Å². The lowest BCUT2D eigenvalue weighted by molar-refractivity contribution is -1.02. The average molecular weight is 588 g/mol. The molecule has 39 heavy (non-hydrogen) atoms. The number of nitrogens with two attached hydrogens (primary N) is 1. The van der Waals surface area contributed by atoms with Gasteiger partial charge in [-0.15, -0.1) is 0 Å². The van der Waals surface area contributed by atoms with Gasteiger partial charge in [-0.05, 0) is 32.9 Å². The van der Waals surface area contributed by atoms with Gasteiger partial charge in [0.2, 0.25) is 0 Å². The summed E-state index contributed by atoms with van der Waals surface area (Å²) in [5.74, 6) is -0.713. The number of hydrogen-bond donors (Lipinski definition) is 4. The van der Waals surface area contributed by atoms with Crippen molar-refractivity contribution >= 4 is 40.0 Å². The summed E-state index contributed by atoms with van der Waals surface area (Å²) < 4.78 is 38.9. The maximum Gasteiger partial charge on any atom is 0.362 e. The molecule has 17 heteroatoms. The predicted octanol–water partition coefficient (Wildman–Crippen LogP) is -0.0337. The van der Waals surface area contributed by atoms with E-state index in [0.29, 0.717) is 16.1 Å². The first kappa shape index (κ1) is 29.3. The van der Waals surface area contributed by atoms with E-state index < -0.39 is 53.5 Å². The Labute approximate surface area is 230 Å². The van der Waals surface area contributed by atoms with E-state index >= 15 is 0 Å². The van der Waals surface area contributed by atoms with Crippen molar-refractivity contribution in [2.45, 2.75) is 51.5 Å². The van der Waals surface area contributed by atoms with Crippen LogP contribution in [0.2, 0.25) is 5.15 Å². The molecule has 15 nitrogen and oxygen atoms in total. The van der Waals surface area contributed by atoms with E-state index in [4.69, 9.17) is 26.3 Å². The Morgan fingerprint density at radius 2 is 1.92 bits per heavy atom. The summed E-state index contributed by atoms with van der Waals surface area (Å²) in [6.45, 7) is 7.86. The van der Waals surface area contributed by atoms with Gasteiger partial charge in [-0.1, -0.05) is 11.6 Å². The second kappa shape index (κ2) is 11.4. The van der Waals surface area contributed by atoms with Crippen LogP contribution in [0.3, 0.4) is 0 Å². The van der Waals surface area contributed by atoms with Gasteiger partial charge in [-0.25, -0.2) is 24.3 Å². The maximum atomic E-state index is 12.3. The molecule has 0 spiro atoms. The highest BCUT2D eigenvalue weighted by Gasteiger charge is 2.47. The molecule has 5 atom stereocenters. The zero-order chi connectivity index (χ0) is 28.5. The first-order chi connectivity index (χ1) is 18.5. The molecule has 0 radical (unpaired) electrons. The summed E-state index contributed by atoms with van der Waals surface area (Å²) in [5.41, 5.74) is 6.83. The van der Waals surface area contributed by atoms with Crippen LogP contribution in [-0.2, 0) is 19.2 Å². The van der Waals surface area contributed by atoms with Gasteiger partial charge >= 0.3 is 10.3 Å². The fourth-order valence-electron chi connectivity index (χ4n) is 4.75. The number of hydrogen-bond acceptors (Lipinski definition) is 12. The first-order valence-corrected chi connectivity index (χ1v) is 14.1. The fraction of sp³-hybridized carbons (Fsp3) is 0.545. The summed E-state index contributed by atoms with van der Waals surface area (Å²) in [7, 11) is -4.62. The molecule has 1 fully saturated rings. The van der Waals surface area contributed by atoms with Crippen molar-refractivity contribution in [2.75, 3.05) is 26.2 Å². The fourth-order valence-corrected chi connectivity index (χ4v) is 5.66. The zero-order valence-corrected chi connectivity index (χ0v) is 23.2. The number of fused-ring (bicyclic) bond motifs is 1. The van der Waals surface area contributed by atoms with Gasteiger partial charge in [0.1, 0.15) is 35.5 Å². The summed E-state index contributed by atoms with van der Waals surface area (Å²) in [6, 6.07) is 2.70. The Hall–Kier alpha value is -2.70. The van der Waals surface area contributed by atoms with Crippen molar-refractivity contribution < 1.29 is 36.9 Å². The standard InChI is InChI=1S/C22H31ClN8O7S/c1-4-31(5-2,6-3)30-12-27-20-15(19(30)24)26-11-29(20)22-17(33)16(32)14(38-22)10-37-39(35,36)28-21(34)13-8-7-9-25-18(13)23/h7-9,11-12,14,16-17,19,22,32-33H,4-6,10,24H2,1-3H3/p+1/t14-,16?,17?,19?,22-/m1/s1. The van der Waals surface area contributed by atoms with E-state index in [1.54, 1.807) is 11.1 Å². The van der Waals surface area contributed by atoms with Crippen LogP contribution < -0.4 is 10.5 Å². The lowest BCUT2D eigenvalue weighted by Gasteiger charge is -2.46. The van der Waals surface area contributed by atoms with Crippen LogP contribution in [-0.4, -0.2) is 99.6 Å². The minimum absolute atomic E-state index is 0.172. The summed E-state index contributed by atoms with van der Waals surface area (Å²) >= 11 is 5.82. The average Bonchev–Trinajstić information content (AvgIpc) is 3.46. The van der Waals surface area contributed by atoms with Crippen LogP contribution in [0.1, 0.15) is 49.2 Å². The number of carbonyl (C=O) groups is 1. The molecule has 2 aromatic heterocycles. The second-order valence-electron chi connectivity index (χ2n) is 9.03. The molecule has 3 unspecified atom stereocenters. The SMILES string of the molecule is CC[N+](CC)(CC)N1C=Nc2c(ncn2[C@@H]2O[C@H](COS(=O)(=O)NC(=O)c3cccnc3Cl)C(O)C2O)C1N. The minimum atomic E-state index is -4.62. The van der Waals surface area contributed by atoms with Crippen molar-refractivity contribution in [1.82, 2.24) is 24.3 Å². The molecule has 0 aliphatic carbocycles. The first-order valence-electron chi connectivity index (χ1n) is 12.3. The maximum absolute atomic E-state index is 12.3. The Morgan fingerprint density at radius 1 is 1.23 bits per heavy atom. The Balaban J connectivity index is 1.45. The number of pyridine rings is 1. The highest BCUT2D eigenvalue weighted by Crippen LogP contribution is 2.38. The van der Waals surface area contributed by atoms with Gasteiger partial charge in [0.05, 0.1) is 38.1 Å². The van der Waals surface area contributed by atoms with E-state index in [2.05, 4.69) is 35.7 Å². The predicted molar refractivity (Wildman–Crippen MR) is 139 cm³/mol. The number of amides is 1. The van der Waals surface area contributed by atoms with E-state index in [1.165, 1.54) is 29.2 Å². The molecule has 2 aliphatic heterocycles. The van der Waals surface area contributed by atoms with Crippen LogP contribution >= 0.6 is 11.6 Å². The number of aromatic nitrogens is 3. The minimum Gasteiger partial charge on any atom is -0.387 e. The van der Waals surface area contributed by atoms with Gasteiger partial charge in [0.15, 0.2) is 18.2 Å². The molecule has 1 saturated heterocycles. The lowest BCUT2D eigenvalue weighted by Crippen LogP contribution is -2.62. The third-order valence-electron chi connectivity index (χ3n) is 7.13. The summed E-state index contributed by atoms with van der Waals surface area (Å²) in [4.78, 5) is 24.9. The highest BCUT2D eigenvalue weighted by atomic mass is 35.5. The van der Waals surface area contributed by atoms with Gasteiger partial charge in [0.25, 0.3) is 5.91 Å². The number of halogens is 1. The topological polar surface area (TPSA) is 194 Å². The molecule has 2 aromatic rings. The lowest BCUT2D eigenvalue weighted by atomic mass is 10.1. The molecule has 0 aromatic carbocycles. The van der Waals surface area contributed by atoms with Crippen molar-refractivity contribution in [1.29, 1.82) is 0 Å². The highest BCUT2D eigenvalue weighted by molar-refractivity contribution is 7.85. The van der Waals surface area contributed by atoms with Crippen molar-refractivity contribution in [3.8, 4) is 0 Å². The molecule has 214 valence electrons. The van der Waals surface area contributed by atoms with Gasteiger partial charge in [0, 0.05) is 6.20 Å². The van der Waals surface area contributed by atoms with Crippen molar-refractivity contribution in [2.24, 2.45) is 10.7 Å². The Morgan fingerprint density at radius 3 is 2.56 bits per heavy atom. The molecule has 5 N–H and O–H groups in total. The summed E-state index contributed by atoms with van der Waals surface area (Å²) in [6.07, 6.45) is -1.67. The number of aliphatic hydroxyl groups excluding tert-OH is 2. The number of quaternary nitrogens is 1. The normalized spacial score (nSPS) is 25.1. The Bertz CT molecular complexity index is 1330. The number of carbonyl (C=O) groups excluding carboxylic acids is 1. The van der Waals surface area contributed by atoms with Gasteiger partial charge in [-0.3, -0.25) is 13.5 Å². The number of ether oxygens (including phenoxy) is 1. The molecule has 0 bridgehead atoms. The molecule has 4 heterocycles. The third-order valence-corrected chi connectivity index (χ3v) is 8.32. The monoisotopic (exact) mass is 587 g/mol. The number of rotatable bonds is 10. The number of aliphatic imine (C=N–C) groups is 1. The van der Waals surface area contributed by atoms with E-state index in [0.717, 1.165) is 19.6 Å². The smallest absolute Gasteiger partial charge is 0.362 e. The molecule has 1 amide bonds. The quantitative estimate of drug-likeness (QED) is 0.215. The van der Waals surface area contributed by atoms with Crippen molar-refractivity contribution in [3.05, 3.63) is 41.1 Å². The molecule has 4 rings (SSSR count). The second-order valence-corrected chi connectivity index (χ2v) is 10.7. The van der Waals surface area contributed by atoms with Crippen LogP contribution in [0.5, 0.6) is 0 Å². The zero-order valence-electron chi connectivity index (χ0n) is 21.6. The number of nitrogens with one attached hydrogen (secondary N) is 1. The third kappa shape index (κ3) is 5.51. The number of aliphatic hydroxyl groups is 2. The molecular formula is C22H32ClN8O7S+. The number of nitrogens with zero attached hydrogens (tertiary/aromatic N) is 6. The largest absolute Gasteiger partial charge is 0.387 e. The molecule has 2 aliphatic rings. The number of imidazole rings is 1. The van der Waals surface area contributed by atoms with E-state index in [1.807, 2.05) is 5.01 Å². The molecular weight excluding hydrogens is 556 g/mol. The van der Waals surface area contributed by atoms with Crippen LogP contribution in [0, 0.1) is 0 Å². The van der Waals surface area contributed by atoms with Gasteiger partial charge < -0.3 is 20.7 Å². The van der Waals surface area contributed by atoms with Crippen LogP contribution in [0.15, 0.2) is 29.6 Å². The van der Waals surface area contributed by atoms with Crippen molar-refractivity contribution in [3.63, 3.8) is 0 Å². The Kier molecular flexibility index (Phi) is 8.58. The summed E-state index contributed by atoms with van der Waals surface area (Å²) in [5, 5.41) is 23.0. The van der Waals surface area contributed by atoms with Crippen LogP contribution in [0.4, 0.5) is 5.82 Å². The van der Waals surface area contributed by atoms with Gasteiger partial charge in [-0.2, -0.15) is 13.4 Å². The van der Waals surface area contributed by atoms with Crippen LogP contribution in [0.25, 0.3) is 0 Å².